The van der Waals surface area contributed by atoms with Crippen molar-refractivity contribution >= 4 is 22.7 Å². The summed E-state index contributed by atoms with van der Waals surface area (Å²) >= 11 is 0. The van der Waals surface area contributed by atoms with E-state index in [4.69, 9.17) is 9.84 Å². The first-order valence-electron chi connectivity index (χ1n) is 10.8. The Morgan fingerprint density at radius 1 is 1.19 bits per heavy atom. The Labute approximate surface area is 186 Å². The Bertz CT molecular complexity index is 1110. The van der Waals surface area contributed by atoms with E-state index in [-0.39, 0.29) is 17.4 Å². The van der Waals surface area contributed by atoms with Crippen molar-refractivity contribution in [3.05, 3.63) is 47.5 Å². The molecule has 0 saturated carbocycles. The summed E-state index contributed by atoms with van der Waals surface area (Å²) in [5.41, 5.74) is 2.74. The van der Waals surface area contributed by atoms with E-state index >= 15 is 0 Å². The van der Waals surface area contributed by atoms with Crippen molar-refractivity contribution in [1.29, 1.82) is 0 Å². The average molecular weight is 442 g/mol. The number of nitrogens with zero attached hydrogens (tertiary/aromatic N) is 5. The number of carboxylic acids is 1. The lowest BCUT2D eigenvalue weighted by Crippen LogP contribution is -2.47. The highest BCUT2D eigenvalue weighted by Gasteiger charge is 2.26. The van der Waals surface area contributed by atoms with Crippen LogP contribution in [0.15, 0.2) is 30.3 Å². The molecule has 1 aliphatic rings. The largest absolute Gasteiger partial charge is 0.477 e. The van der Waals surface area contributed by atoms with Crippen molar-refractivity contribution in [1.82, 2.24) is 19.7 Å². The van der Waals surface area contributed by atoms with Crippen molar-refractivity contribution < 1.29 is 19.0 Å². The Balaban J connectivity index is 1.83. The minimum atomic E-state index is -1.09. The summed E-state index contributed by atoms with van der Waals surface area (Å²) in [6.07, 6.45) is 0. The monoisotopic (exact) mass is 441 g/mol. The molecule has 1 aromatic carbocycles. The minimum Gasteiger partial charge on any atom is -0.477 e. The molecule has 8 nitrogen and oxygen atoms in total. The van der Waals surface area contributed by atoms with Crippen LogP contribution in [0.5, 0.6) is 0 Å². The standard InChI is InChI=1S/C23H28FN5O3/c1-15(2)21-20-19(28-10-8-27(9-11-28)12-13-32-3)14-18(23(30)31)25-22(20)29(26-21)17-6-4-16(24)5-7-17/h4-7,14-15H,8-13H2,1-3H3,(H,30,31). The third-order valence-corrected chi connectivity index (χ3v) is 5.81. The zero-order valence-electron chi connectivity index (χ0n) is 18.6. The molecule has 3 aromatic rings. The van der Waals surface area contributed by atoms with Gasteiger partial charge in [0.05, 0.1) is 29.1 Å². The number of aromatic nitrogens is 3. The molecule has 170 valence electrons. The summed E-state index contributed by atoms with van der Waals surface area (Å²) in [5.74, 6) is -1.34. The molecule has 2 aromatic heterocycles. The van der Waals surface area contributed by atoms with Gasteiger partial charge in [0, 0.05) is 39.8 Å². The summed E-state index contributed by atoms with van der Waals surface area (Å²) in [7, 11) is 1.70. The second-order valence-electron chi connectivity index (χ2n) is 8.28. The fourth-order valence-electron chi connectivity index (χ4n) is 4.08. The number of carboxylic acid groups (broad SMARTS) is 1. The third-order valence-electron chi connectivity index (χ3n) is 5.81. The van der Waals surface area contributed by atoms with Crippen LogP contribution in [0.2, 0.25) is 0 Å². The molecule has 4 rings (SSSR count). The van der Waals surface area contributed by atoms with Crippen molar-refractivity contribution in [2.75, 3.05) is 51.3 Å². The molecule has 3 heterocycles. The maximum Gasteiger partial charge on any atom is 0.354 e. The predicted molar refractivity (Wildman–Crippen MR) is 120 cm³/mol. The van der Waals surface area contributed by atoms with Gasteiger partial charge in [-0.2, -0.15) is 5.10 Å². The predicted octanol–water partition coefficient (Wildman–Crippen LogP) is 3.15. The Hall–Kier alpha value is -3.04. The van der Waals surface area contributed by atoms with Crippen LogP contribution in [0.4, 0.5) is 10.1 Å². The molecule has 0 amide bonds. The van der Waals surface area contributed by atoms with Gasteiger partial charge in [0.25, 0.3) is 0 Å². The van der Waals surface area contributed by atoms with E-state index in [1.807, 2.05) is 13.8 Å². The maximum absolute atomic E-state index is 13.5. The smallest absolute Gasteiger partial charge is 0.354 e. The SMILES string of the molecule is COCCN1CCN(c2cc(C(=O)O)nc3c2c(C(C)C)nn3-c2ccc(F)cc2)CC1. The van der Waals surface area contributed by atoms with Crippen LogP contribution in [0.25, 0.3) is 16.7 Å². The normalized spacial score (nSPS) is 15.1. The number of benzene rings is 1. The van der Waals surface area contributed by atoms with Crippen LogP contribution in [-0.2, 0) is 4.74 Å². The Morgan fingerprint density at radius 2 is 1.88 bits per heavy atom. The van der Waals surface area contributed by atoms with E-state index < -0.39 is 5.97 Å². The molecule has 1 N–H and O–H groups in total. The average Bonchev–Trinajstić information content (AvgIpc) is 3.18. The Kier molecular flexibility index (Phi) is 6.38. The fourth-order valence-corrected chi connectivity index (χ4v) is 4.08. The quantitative estimate of drug-likeness (QED) is 0.603. The molecule has 9 heteroatoms. The highest BCUT2D eigenvalue weighted by molar-refractivity contribution is 5.98. The van der Waals surface area contributed by atoms with Crippen LogP contribution < -0.4 is 4.90 Å². The van der Waals surface area contributed by atoms with Crippen molar-refractivity contribution in [2.45, 2.75) is 19.8 Å². The number of hydrogen-bond donors (Lipinski definition) is 1. The zero-order valence-corrected chi connectivity index (χ0v) is 18.6. The number of rotatable bonds is 7. The molecule has 0 bridgehead atoms. The van der Waals surface area contributed by atoms with Gasteiger partial charge in [-0.3, -0.25) is 4.90 Å². The second-order valence-corrected chi connectivity index (χ2v) is 8.28. The number of fused-ring (bicyclic) bond motifs is 1. The van der Waals surface area contributed by atoms with E-state index in [1.165, 1.54) is 12.1 Å². The molecule has 0 spiro atoms. The third kappa shape index (κ3) is 4.31. The van der Waals surface area contributed by atoms with Gasteiger partial charge in [-0.1, -0.05) is 13.8 Å². The van der Waals surface area contributed by atoms with E-state index in [0.29, 0.717) is 17.9 Å². The number of hydrogen-bond acceptors (Lipinski definition) is 6. The first-order valence-corrected chi connectivity index (χ1v) is 10.8. The molecular weight excluding hydrogens is 413 g/mol. The van der Waals surface area contributed by atoms with Gasteiger partial charge < -0.3 is 14.7 Å². The van der Waals surface area contributed by atoms with Crippen LogP contribution >= 0.6 is 0 Å². The summed E-state index contributed by atoms with van der Waals surface area (Å²) in [5, 5.41) is 15.4. The molecule has 32 heavy (non-hydrogen) atoms. The van der Waals surface area contributed by atoms with E-state index in [2.05, 4.69) is 14.8 Å². The molecule has 1 saturated heterocycles. The maximum atomic E-state index is 13.5. The lowest BCUT2D eigenvalue weighted by atomic mass is 10.0. The Morgan fingerprint density at radius 3 is 2.47 bits per heavy atom. The number of anilines is 1. The first-order chi connectivity index (χ1) is 15.4. The van der Waals surface area contributed by atoms with Gasteiger partial charge in [-0.25, -0.2) is 18.9 Å². The number of aromatic carboxylic acids is 1. The highest BCUT2D eigenvalue weighted by atomic mass is 19.1. The molecular formula is C23H28FN5O3. The van der Waals surface area contributed by atoms with E-state index in [9.17, 15) is 14.3 Å². The van der Waals surface area contributed by atoms with Gasteiger partial charge >= 0.3 is 5.97 Å². The molecule has 1 fully saturated rings. The highest BCUT2D eigenvalue weighted by Crippen LogP contribution is 2.35. The number of ether oxygens (including phenoxy) is 1. The van der Waals surface area contributed by atoms with Crippen LogP contribution in [0, 0.1) is 5.82 Å². The van der Waals surface area contributed by atoms with E-state index in [1.54, 1.807) is 30.0 Å². The van der Waals surface area contributed by atoms with Gasteiger partial charge in [-0.05, 0) is 36.2 Å². The minimum absolute atomic E-state index is 0.0344. The lowest BCUT2D eigenvalue weighted by Gasteiger charge is -2.36. The topological polar surface area (TPSA) is 83.7 Å². The van der Waals surface area contributed by atoms with Gasteiger partial charge in [-0.15, -0.1) is 0 Å². The van der Waals surface area contributed by atoms with Crippen molar-refractivity contribution in [3.63, 3.8) is 0 Å². The summed E-state index contributed by atoms with van der Waals surface area (Å²) in [4.78, 5) is 20.9. The van der Waals surface area contributed by atoms with E-state index in [0.717, 1.165) is 49.5 Å². The van der Waals surface area contributed by atoms with Crippen LogP contribution in [0.3, 0.4) is 0 Å². The summed E-state index contributed by atoms with van der Waals surface area (Å²) < 4.78 is 20.3. The fraction of sp³-hybridized carbons (Fsp3) is 0.435. The van der Waals surface area contributed by atoms with Gasteiger partial charge in [0.1, 0.15) is 5.82 Å². The first kappa shape index (κ1) is 22.2. The molecule has 1 aliphatic heterocycles. The van der Waals surface area contributed by atoms with Crippen LogP contribution in [0.1, 0.15) is 35.9 Å². The summed E-state index contributed by atoms with van der Waals surface area (Å²) in [6.45, 7) is 8.91. The number of pyridine rings is 1. The molecule has 0 atom stereocenters. The molecule has 0 radical (unpaired) electrons. The summed E-state index contributed by atoms with van der Waals surface area (Å²) in [6, 6.07) is 7.61. The number of methoxy groups -OCH3 is 1. The van der Waals surface area contributed by atoms with Gasteiger partial charge in [0.2, 0.25) is 0 Å². The number of halogens is 1. The molecule has 0 aliphatic carbocycles. The lowest BCUT2D eigenvalue weighted by molar-refractivity contribution is 0.0691. The van der Waals surface area contributed by atoms with Crippen molar-refractivity contribution in [2.24, 2.45) is 0 Å². The number of piperazine rings is 1. The van der Waals surface area contributed by atoms with Crippen LogP contribution in [-0.4, -0.2) is 77.2 Å². The second kappa shape index (κ2) is 9.22. The van der Waals surface area contributed by atoms with Gasteiger partial charge in [0.15, 0.2) is 11.3 Å². The zero-order chi connectivity index (χ0) is 22.8. The van der Waals surface area contributed by atoms with Crippen molar-refractivity contribution in [3.8, 4) is 5.69 Å². The molecule has 0 unspecified atom stereocenters. The number of carbonyl (C=O) groups is 1.